The lowest BCUT2D eigenvalue weighted by Crippen LogP contribution is -2.28. The monoisotopic (exact) mass is 290 g/mol. The van der Waals surface area contributed by atoms with Gasteiger partial charge in [-0.1, -0.05) is 18.2 Å². The van der Waals surface area contributed by atoms with Gasteiger partial charge in [-0.15, -0.1) is 6.58 Å². The third kappa shape index (κ3) is 5.48. The van der Waals surface area contributed by atoms with Gasteiger partial charge in [-0.05, 0) is 19.1 Å². The Bertz CT molecular complexity index is 540. The molecule has 0 spiro atoms. The summed E-state index contributed by atoms with van der Waals surface area (Å²) in [5, 5.41) is 5.03. The Kier molecular flexibility index (Phi) is 6.67. The van der Waals surface area contributed by atoms with Crippen LogP contribution >= 0.6 is 0 Å². The van der Waals surface area contributed by atoms with E-state index in [1.54, 1.807) is 31.2 Å². The van der Waals surface area contributed by atoms with E-state index in [4.69, 9.17) is 4.74 Å². The second-order valence-corrected chi connectivity index (χ2v) is 4.08. The highest BCUT2D eigenvalue weighted by molar-refractivity contribution is 6.06. The molecule has 1 aromatic rings. The van der Waals surface area contributed by atoms with Crippen molar-refractivity contribution in [2.45, 2.75) is 13.3 Å². The smallest absolute Gasteiger partial charge is 0.340 e. The predicted molar refractivity (Wildman–Crippen MR) is 78.9 cm³/mol. The number of hydrogen-bond acceptors (Lipinski definition) is 4. The van der Waals surface area contributed by atoms with E-state index in [2.05, 4.69) is 17.2 Å². The van der Waals surface area contributed by atoms with Crippen LogP contribution in [0.4, 0.5) is 5.69 Å². The van der Waals surface area contributed by atoms with Gasteiger partial charge in [-0.3, -0.25) is 9.59 Å². The van der Waals surface area contributed by atoms with Gasteiger partial charge in [0.25, 0.3) is 0 Å². The standard InChI is InChI=1S/C15H18N2O4/c1-3-9-16-13(18)10-14(19)17-12-8-6-5-7-11(12)15(20)21-4-2/h3,5-8H,1,4,9-10H2,2H3,(H,16,18)(H,17,19). The van der Waals surface area contributed by atoms with Gasteiger partial charge in [0.05, 0.1) is 17.9 Å². The molecule has 2 amide bonds. The van der Waals surface area contributed by atoms with Gasteiger partial charge >= 0.3 is 5.97 Å². The van der Waals surface area contributed by atoms with E-state index in [0.29, 0.717) is 12.2 Å². The third-order valence-corrected chi connectivity index (χ3v) is 2.46. The van der Waals surface area contributed by atoms with E-state index >= 15 is 0 Å². The maximum atomic E-state index is 11.8. The summed E-state index contributed by atoms with van der Waals surface area (Å²) in [5.41, 5.74) is 0.566. The lowest BCUT2D eigenvalue weighted by atomic mass is 10.1. The minimum atomic E-state index is -0.524. The molecule has 2 N–H and O–H groups in total. The van der Waals surface area contributed by atoms with Crippen molar-refractivity contribution in [1.29, 1.82) is 0 Å². The van der Waals surface area contributed by atoms with Crippen molar-refractivity contribution >= 4 is 23.5 Å². The molecule has 6 heteroatoms. The zero-order chi connectivity index (χ0) is 15.7. The molecule has 1 rings (SSSR count). The summed E-state index contributed by atoms with van der Waals surface area (Å²) in [5.74, 6) is -1.45. The summed E-state index contributed by atoms with van der Waals surface area (Å²) < 4.78 is 4.90. The van der Waals surface area contributed by atoms with E-state index < -0.39 is 17.8 Å². The first-order valence-electron chi connectivity index (χ1n) is 6.52. The van der Waals surface area contributed by atoms with Crippen LogP contribution in [-0.4, -0.2) is 30.9 Å². The highest BCUT2D eigenvalue weighted by atomic mass is 16.5. The largest absolute Gasteiger partial charge is 0.462 e. The van der Waals surface area contributed by atoms with Crippen LogP contribution in [0.2, 0.25) is 0 Å². The van der Waals surface area contributed by atoms with Gasteiger partial charge in [0, 0.05) is 6.54 Å². The molecule has 0 atom stereocenters. The average molecular weight is 290 g/mol. The van der Waals surface area contributed by atoms with Crippen molar-refractivity contribution in [3.8, 4) is 0 Å². The van der Waals surface area contributed by atoms with Crippen LogP contribution in [0.15, 0.2) is 36.9 Å². The molecule has 112 valence electrons. The lowest BCUT2D eigenvalue weighted by Gasteiger charge is -2.10. The van der Waals surface area contributed by atoms with Crippen LogP contribution in [0.1, 0.15) is 23.7 Å². The van der Waals surface area contributed by atoms with Crippen molar-refractivity contribution in [1.82, 2.24) is 5.32 Å². The Labute approximate surface area is 123 Å². The maximum absolute atomic E-state index is 11.8. The molecule has 0 aliphatic carbocycles. The van der Waals surface area contributed by atoms with Crippen molar-refractivity contribution in [3.05, 3.63) is 42.5 Å². The van der Waals surface area contributed by atoms with Crippen molar-refractivity contribution in [2.75, 3.05) is 18.5 Å². The van der Waals surface area contributed by atoms with Crippen LogP contribution in [0.3, 0.4) is 0 Å². The number of benzene rings is 1. The molecule has 0 radical (unpaired) electrons. The highest BCUT2D eigenvalue weighted by Gasteiger charge is 2.15. The van der Waals surface area contributed by atoms with Gasteiger partial charge in [0.2, 0.25) is 11.8 Å². The molecule has 0 heterocycles. The fraction of sp³-hybridized carbons (Fsp3) is 0.267. The Balaban J connectivity index is 2.70. The minimum Gasteiger partial charge on any atom is -0.462 e. The molecule has 0 aromatic heterocycles. The number of esters is 1. The molecular formula is C15H18N2O4. The lowest BCUT2D eigenvalue weighted by molar-refractivity contribution is -0.126. The van der Waals surface area contributed by atoms with Crippen LogP contribution in [0.5, 0.6) is 0 Å². The number of rotatable bonds is 7. The topological polar surface area (TPSA) is 84.5 Å². The summed E-state index contributed by atoms with van der Waals surface area (Å²) in [6.45, 7) is 5.70. The Morgan fingerprint density at radius 1 is 1.24 bits per heavy atom. The molecule has 0 aliphatic heterocycles. The number of carbonyl (C=O) groups excluding carboxylic acids is 3. The molecule has 0 aliphatic rings. The predicted octanol–water partition coefficient (Wildman–Crippen LogP) is 1.49. The SMILES string of the molecule is C=CCNC(=O)CC(=O)Nc1ccccc1C(=O)OCC. The first-order valence-corrected chi connectivity index (χ1v) is 6.52. The van der Waals surface area contributed by atoms with Gasteiger partial charge < -0.3 is 15.4 Å². The molecule has 0 fully saturated rings. The number of ether oxygens (including phenoxy) is 1. The quantitative estimate of drug-likeness (QED) is 0.453. The zero-order valence-corrected chi connectivity index (χ0v) is 11.8. The molecule has 0 saturated heterocycles. The van der Waals surface area contributed by atoms with Crippen molar-refractivity contribution in [3.63, 3.8) is 0 Å². The second kappa shape index (κ2) is 8.52. The number of amides is 2. The van der Waals surface area contributed by atoms with Crippen LogP contribution in [0.25, 0.3) is 0 Å². The van der Waals surface area contributed by atoms with Crippen LogP contribution in [-0.2, 0) is 14.3 Å². The fourth-order valence-corrected chi connectivity index (χ4v) is 1.57. The highest BCUT2D eigenvalue weighted by Crippen LogP contribution is 2.16. The molecule has 1 aromatic carbocycles. The number of carbonyl (C=O) groups is 3. The van der Waals surface area contributed by atoms with E-state index in [1.807, 2.05) is 0 Å². The summed E-state index contributed by atoms with van der Waals surface area (Å²) in [6.07, 6.45) is 1.19. The van der Waals surface area contributed by atoms with E-state index in [9.17, 15) is 14.4 Å². The Hall–Kier alpha value is -2.63. The molecule has 0 unspecified atom stereocenters. The molecule has 0 bridgehead atoms. The van der Waals surface area contributed by atoms with E-state index in [-0.39, 0.29) is 18.6 Å². The molecule has 6 nitrogen and oxygen atoms in total. The average Bonchev–Trinajstić information content (AvgIpc) is 2.45. The normalized spacial score (nSPS) is 9.57. The Morgan fingerprint density at radius 3 is 2.62 bits per heavy atom. The maximum Gasteiger partial charge on any atom is 0.340 e. The van der Waals surface area contributed by atoms with Gasteiger partial charge in [0.15, 0.2) is 0 Å². The minimum absolute atomic E-state index is 0.241. The van der Waals surface area contributed by atoms with Gasteiger partial charge in [-0.2, -0.15) is 0 Å². The number of hydrogen-bond donors (Lipinski definition) is 2. The number of anilines is 1. The first-order chi connectivity index (χ1) is 10.1. The third-order valence-electron chi connectivity index (χ3n) is 2.46. The van der Waals surface area contributed by atoms with E-state index in [0.717, 1.165) is 0 Å². The Morgan fingerprint density at radius 2 is 1.95 bits per heavy atom. The molecular weight excluding hydrogens is 272 g/mol. The zero-order valence-electron chi connectivity index (χ0n) is 11.8. The van der Waals surface area contributed by atoms with Gasteiger partial charge in [0.1, 0.15) is 6.42 Å². The fourth-order valence-electron chi connectivity index (χ4n) is 1.57. The molecule has 21 heavy (non-hydrogen) atoms. The van der Waals surface area contributed by atoms with E-state index in [1.165, 1.54) is 6.08 Å². The summed E-state index contributed by atoms with van der Waals surface area (Å²) in [4.78, 5) is 34.9. The van der Waals surface area contributed by atoms with Crippen molar-refractivity contribution in [2.24, 2.45) is 0 Å². The summed E-state index contributed by atoms with van der Waals surface area (Å²) >= 11 is 0. The second-order valence-electron chi connectivity index (χ2n) is 4.08. The summed E-state index contributed by atoms with van der Waals surface area (Å²) in [6, 6.07) is 6.46. The number of para-hydroxylation sites is 1. The van der Waals surface area contributed by atoms with Crippen LogP contribution in [0, 0.1) is 0 Å². The van der Waals surface area contributed by atoms with Gasteiger partial charge in [-0.25, -0.2) is 4.79 Å². The first kappa shape index (κ1) is 16.4. The number of nitrogens with one attached hydrogen (secondary N) is 2. The molecule has 0 saturated carbocycles. The van der Waals surface area contributed by atoms with Crippen molar-refractivity contribution < 1.29 is 19.1 Å². The summed E-state index contributed by atoms with van der Waals surface area (Å²) in [7, 11) is 0. The van der Waals surface area contributed by atoms with Crippen LogP contribution < -0.4 is 10.6 Å².